The normalized spacial score (nSPS) is 12.5. The van der Waals surface area contributed by atoms with Gasteiger partial charge in [-0.1, -0.05) is 6.92 Å². The van der Waals surface area contributed by atoms with E-state index in [-0.39, 0.29) is 12.0 Å². The summed E-state index contributed by atoms with van der Waals surface area (Å²) in [5.74, 6) is -0.267. The van der Waals surface area contributed by atoms with E-state index in [0.717, 1.165) is 0 Å². The molecule has 0 rings (SSSR count). The van der Waals surface area contributed by atoms with Crippen LogP contribution >= 0.6 is 0 Å². The fourth-order valence-corrected chi connectivity index (χ4v) is 1.04. The SMILES string of the molecule is CCNC(COCCOC)C(=O)OCC. The molecule has 15 heavy (non-hydrogen) atoms. The molecule has 0 aliphatic heterocycles. The van der Waals surface area contributed by atoms with Crippen molar-refractivity contribution in [1.29, 1.82) is 0 Å². The van der Waals surface area contributed by atoms with E-state index in [2.05, 4.69) is 5.32 Å². The number of hydrogen-bond donors (Lipinski definition) is 1. The molecule has 0 amide bonds. The Kier molecular flexibility index (Phi) is 9.46. The van der Waals surface area contributed by atoms with E-state index in [1.165, 1.54) is 0 Å². The summed E-state index contributed by atoms with van der Waals surface area (Å²) in [5, 5.41) is 3.00. The molecule has 0 aromatic carbocycles. The average Bonchev–Trinajstić information content (AvgIpc) is 2.23. The highest BCUT2D eigenvalue weighted by atomic mass is 16.5. The first-order valence-electron chi connectivity index (χ1n) is 5.22. The lowest BCUT2D eigenvalue weighted by Gasteiger charge is -2.16. The van der Waals surface area contributed by atoms with Gasteiger partial charge in [0.1, 0.15) is 6.04 Å². The summed E-state index contributed by atoms with van der Waals surface area (Å²) in [6.07, 6.45) is 0. The Morgan fingerprint density at radius 1 is 1.33 bits per heavy atom. The molecule has 0 saturated heterocycles. The lowest BCUT2D eigenvalue weighted by atomic mass is 10.3. The Labute approximate surface area is 91.1 Å². The second kappa shape index (κ2) is 9.89. The molecule has 1 atom stereocenters. The Morgan fingerprint density at radius 2 is 2.07 bits per heavy atom. The van der Waals surface area contributed by atoms with Crippen molar-refractivity contribution in [3.8, 4) is 0 Å². The van der Waals surface area contributed by atoms with Gasteiger partial charge in [-0.15, -0.1) is 0 Å². The van der Waals surface area contributed by atoms with E-state index in [4.69, 9.17) is 14.2 Å². The predicted molar refractivity (Wildman–Crippen MR) is 56.8 cm³/mol. The summed E-state index contributed by atoms with van der Waals surface area (Å²) < 4.78 is 15.0. The van der Waals surface area contributed by atoms with Crippen molar-refractivity contribution in [3.05, 3.63) is 0 Å². The van der Waals surface area contributed by atoms with E-state index < -0.39 is 0 Å². The van der Waals surface area contributed by atoms with Crippen LogP contribution in [0.3, 0.4) is 0 Å². The fourth-order valence-electron chi connectivity index (χ4n) is 1.04. The molecule has 0 aliphatic carbocycles. The molecular weight excluding hydrogens is 198 g/mol. The van der Waals surface area contributed by atoms with Gasteiger partial charge in [0.25, 0.3) is 0 Å². The first kappa shape index (κ1) is 14.3. The number of ether oxygens (including phenoxy) is 3. The number of methoxy groups -OCH3 is 1. The average molecular weight is 219 g/mol. The van der Waals surface area contributed by atoms with Gasteiger partial charge in [-0.05, 0) is 13.5 Å². The van der Waals surface area contributed by atoms with E-state index >= 15 is 0 Å². The second-order valence-corrected chi connectivity index (χ2v) is 2.93. The molecule has 0 aliphatic rings. The number of carbonyl (C=O) groups excluding carboxylic acids is 1. The topological polar surface area (TPSA) is 56.8 Å². The molecule has 5 heteroatoms. The Balaban J connectivity index is 3.76. The summed E-state index contributed by atoms with van der Waals surface area (Å²) in [5.41, 5.74) is 0. The predicted octanol–water partition coefficient (Wildman–Crippen LogP) is 0.191. The molecule has 5 nitrogen and oxygen atoms in total. The maximum atomic E-state index is 11.4. The van der Waals surface area contributed by atoms with Crippen LogP contribution in [0, 0.1) is 0 Å². The van der Waals surface area contributed by atoms with Crippen LogP contribution in [0.5, 0.6) is 0 Å². The van der Waals surface area contributed by atoms with E-state index in [9.17, 15) is 4.79 Å². The molecule has 0 aromatic rings. The highest BCUT2D eigenvalue weighted by Gasteiger charge is 2.18. The maximum absolute atomic E-state index is 11.4. The van der Waals surface area contributed by atoms with Crippen LogP contribution in [0.2, 0.25) is 0 Å². The molecule has 0 spiro atoms. The summed E-state index contributed by atoms with van der Waals surface area (Å²) >= 11 is 0. The number of nitrogens with one attached hydrogen (secondary N) is 1. The van der Waals surface area contributed by atoms with Crippen molar-refractivity contribution >= 4 is 5.97 Å². The van der Waals surface area contributed by atoms with Crippen molar-refractivity contribution in [2.75, 3.05) is 40.1 Å². The first-order valence-corrected chi connectivity index (χ1v) is 5.22. The number of esters is 1. The van der Waals surface area contributed by atoms with Crippen LogP contribution in [0.25, 0.3) is 0 Å². The van der Waals surface area contributed by atoms with Gasteiger partial charge in [-0.3, -0.25) is 4.79 Å². The number of rotatable bonds is 9. The number of likely N-dealkylation sites (N-methyl/N-ethyl adjacent to an activating group) is 1. The Hall–Kier alpha value is -0.650. The highest BCUT2D eigenvalue weighted by Crippen LogP contribution is 1.91. The van der Waals surface area contributed by atoms with E-state index in [1.807, 2.05) is 6.92 Å². The smallest absolute Gasteiger partial charge is 0.325 e. The second-order valence-electron chi connectivity index (χ2n) is 2.93. The number of hydrogen-bond acceptors (Lipinski definition) is 5. The van der Waals surface area contributed by atoms with Crippen molar-refractivity contribution in [2.24, 2.45) is 0 Å². The van der Waals surface area contributed by atoms with Crippen LogP contribution in [-0.2, 0) is 19.0 Å². The molecule has 0 saturated carbocycles. The van der Waals surface area contributed by atoms with Gasteiger partial charge < -0.3 is 19.5 Å². The van der Waals surface area contributed by atoms with E-state index in [0.29, 0.717) is 33.0 Å². The fraction of sp³-hybridized carbons (Fsp3) is 0.900. The van der Waals surface area contributed by atoms with Crippen LogP contribution in [-0.4, -0.2) is 52.1 Å². The first-order chi connectivity index (χ1) is 7.26. The largest absolute Gasteiger partial charge is 0.465 e. The monoisotopic (exact) mass is 219 g/mol. The van der Waals surface area contributed by atoms with Gasteiger partial charge >= 0.3 is 5.97 Å². The van der Waals surface area contributed by atoms with Gasteiger partial charge in [0.15, 0.2) is 0 Å². The van der Waals surface area contributed by atoms with Crippen molar-refractivity contribution in [1.82, 2.24) is 5.32 Å². The molecular formula is C10H21NO4. The molecule has 0 fully saturated rings. The quantitative estimate of drug-likeness (QED) is 0.443. The van der Waals surface area contributed by atoms with Crippen LogP contribution < -0.4 is 5.32 Å². The lowest BCUT2D eigenvalue weighted by molar-refractivity contribution is -0.147. The van der Waals surface area contributed by atoms with Gasteiger partial charge in [0, 0.05) is 7.11 Å². The maximum Gasteiger partial charge on any atom is 0.325 e. The van der Waals surface area contributed by atoms with Crippen molar-refractivity contribution in [2.45, 2.75) is 19.9 Å². The van der Waals surface area contributed by atoms with Gasteiger partial charge in [0.2, 0.25) is 0 Å². The molecule has 0 heterocycles. The van der Waals surface area contributed by atoms with Crippen LogP contribution in [0.1, 0.15) is 13.8 Å². The van der Waals surface area contributed by atoms with Gasteiger partial charge in [-0.25, -0.2) is 0 Å². The summed E-state index contributed by atoms with van der Waals surface area (Å²) in [6.45, 7) is 6.14. The highest BCUT2D eigenvalue weighted by molar-refractivity contribution is 5.75. The van der Waals surface area contributed by atoms with Crippen LogP contribution in [0.4, 0.5) is 0 Å². The van der Waals surface area contributed by atoms with Crippen molar-refractivity contribution < 1.29 is 19.0 Å². The third-order valence-corrected chi connectivity index (χ3v) is 1.74. The minimum atomic E-state index is -0.383. The summed E-state index contributed by atoms with van der Waals surface area (Å²) in [4.78, 5) is 11.4. The van der Waals surface area contributed by atoms with Crippen LogP contribution in [0.15, 0.2) is 0 Å². The van der Waals surface area contributed by atoms with Gasteiger partial charge in [-0.2, -0.15) is 0 Å². The third kappa shape index (κ3) is 7.30. The van der Waals surface area contributed by atoms with E-state index in [1.54, 1.807) is 14.0 Å². The standard InChI is InChI=1S/C10H21NO4/c1-4-11-9(10(12)15-5-2)8-14-7-6-13-3/h9,11H,4-8H2,1-3H3. The Morgan fingerprint density at radius 3 is 2.60 bits per heavy atom. The zero-order chi connectivity index (χ0) is 11.5. The lowest BCUT2D eigenvalue weighted by Crippen LogP contribution is -2.41. The zero-order valence-electron chi connectivity index (χ0n) is 9.75. The minimum absolute atomic E-state index is 0.267. The molecule has 0 radical (unpaired) electrons. The molecule has 1 N–H and O–H groups in total. The van der Waals surface area contributed by atoms with Gasteiger partial charge in [0.05, 0.1) is 26.4 Å². The number of carbonyl (C=O) groups is 1. The zero-order valence-corrected chi connectivity index (χ0v) is 9.75. The minimum Gasteiger partial charge on any atom is -0.465 e. The summed E-state index contributed by atoms with van der Waals surface area (Å²) in [7, 11) is 1.61. The molecule has 90 valence electrons. The third-order valence-electron chi connectivity index (χ3n) is 1.74. The van der Waals surface area contributed by atoms with Crippen molar-refractivity contribution in [3.63, 3.8) is 0 Å². The Bertz CT molecular complexity index is 164. The molecule has 0 aromatic heterocycles. The molecule has 0 bridgehead atoms. The summed E-state index contributed by atoms with van der Waals surface area (Å²) in [6, 6.07) is -0.383. The molecule has 1 unspecified atom stereocenters.